The fraction of sp³-hybridized carbons (Fsp3) is 0.750. The summed E-state index contributed by atoms with van der Waals surface area (Å²) in [5, 5.41) is 36.7. The highest BCUT2D eigenvalue weighted by molar-refractivity contribution is 8.14. The molecule has 0 unspecified atom stereocenters. The lowest BCUT2D eigenvalue weighted by Gasteiger charge is -2.43. The van der Waals surface area contributed by atoms with Gasteiger partial charge in [-0.3, -0.25) is 5.41 Å². The van der Waals surface area contributed by atoms with E-state index >= 15 is 0 Å². The second-order valence-electron chi connectivity index (χ2n) is 5.07. The predicted octanol–water partition coefficient (Wildman–Crippen LogP) is 0.388. The van der Waals surface area contributed by atoms with Crippen molar-refractivity contribution in [3.05, 3.63) is 12.7 Å². The maximum atomic E-state index is 12.6. The molecule has 128 valence electrons. The summed E-state index contributed by atoms with van der Waals surface area (Å²) in [6, 6.07) is 0. The van der Waals surface area contributed by atoms with Crippen LogP contribution >= 0.6 is 11.8 Å². The van der Waals surface area contributed by atoms with Crippen LogP contribution in [0, 0.1) is 11.3 Å². The molecule has 0 spiro atoms. The van der Waals surface area contributed by atoms with Crippen molar-refractivity contribution < 1.29 is 33.2 Å². The Balaban J connectivity index is 3.00. The molecule has 22 heavy (non-hydrogen) atoms. The monoisotopic (exact) mass is 344 g/mol. The third-order valence-corrected chi connectivity index (χ3v) is 4.49. The van der Waals surface area contributed by atoms with Crippen LogP contribution in [0.5, 0.6) is 0 Å². The predicted molar refractivity (Wildman–Crippen MR) is 75.4 cm³/mol. The van der Waals surface area contributed by atoms with E-state index in [0.717, 1.165) is 11.8 Å². The summed E-state index contributed by atoms with van der Waals surface area (Å²) in [6.45, 7) is 3.46. The van der Waals surface area contributed by atoms with Crippen molar-refractivity contribution in [2.24, 2.45) is 5.92 Å². The van der Waals surface area contributed by atoms with Gasteiger partial charge in [-0.2, -0.15) is 13.2 Å². The van der Waals surface area contributed by atoms with Crippen molar-refractivity contribution in [3.63, 3.8) is 0 Å². The van der Waals surface area contributed by atoms with E-state index in [-0.39, 0.29) is 5.17 Å². The number of halogens is 3. The number of nitrogens with one attached hydrogen (secondary N) is 1. The molecule has 1 aliphatic rings. The van der Waals surface area contributed by atoms with Crippen LogP contribution in [0.25, 0.3) is 0 Å². The number of amidine groups is 1. The lowest BCUT2D eigenvalue weighted by molar-refractivity contribution is -0.275. The molecule has 1 saturated heterocycles. The average Bonchev–Trinajstić information content (AvgIpc) is 2.41. The Hall–Kier alpha value is -0.810. The average molecular weight is 344 g/mol. The van der Waals surface area contributed by atoms with Gasteiger partial charge in [-0.1, -0.05) is 17.8 Å². The molecular weight excluding hydrogens is 325 g/mol. The summed E-state index contributed by atoms with van der Waals surface area (Å²) >= 11 is 0.765. The van der Waals surface area contributed by atoms with E-state index in [4.69, 9.17) is 10.1 Å². The number of ether oxygens (including phenoxy) is 1. The molecule has 0 aliphatic carbocycles. The van der Waals surface area contributed by atoms with Gasteiger partial charge in [0.2, 0.25) is 0 Å². The first-order chi connectivity index (χ1) is 10.0. The van der Waals surface area contributed by atoms with Crippen LogP contribution in [0.3, 0.4) is 0 Å². The van der Waals surface area contributed by atoms with Crippen molar-refractivity contribution in [2.75, 3.05) is 14.1 Å². The van der Waals surface area contributed by atoms with Crippen molar-refractivity contribution in [1.29, 1.82) is 5.41 Å². The second kappa shape index (κ2) is 7.18. The first-order valence-electron chi connectivity index (χ1n) is 6.32. The number of nitrogens with zero attached hydrogens (tertiary/aromatic N) is 1. The number of rotatable bonds is 3. The smallest absolute Gasteiger partial charge is 0.390 e. The molecule has 1 aliphatic heterocycles. The van der Waals surface area contributed by atoms with Gasteiger partial charge in [0.1, 0.15) is 17.6 Å². The van der Waals surface area contributed by atoms with Crippen LogP contribution in [-0.2, 0) is 4.74 Å². The molecule has 0 amide bonds. The highest BCUT2D eigenvalue weighted by Crippen LogP contribution is 2.38. The SMILES string of the molecule is C=C[C@@H]1[C@@H](O)[C@H](O)[C@@H]([C@@H](O)C(F)(F)F)O[C@@H]1SC(=N)N(C)C. The number of hydrogen-bond donors (Lipinski definition) is 4. The van der Waals surface area contributed by atoms with Gasteiger partial charge in [0, 0.05) is 20.0 Å². The molecule has 10 heteroatoms. The molecule has 0 saturated carbocycles. The summed E-state index contributed by atoms with van der Waals surface area (Å²) in [5.41, 5.74) is -1.09. The van der Waals surface area contributed by atoms with Crippen LogP contribution in [0.2, 0.25) is 0 Å². The number of hydrogen-bond acceptors (Lipinski definition) is 6. The molecule has 0 bridgehead atoms. The van der Waals surface area contributed by atoms with E-state index in [2.05, 4.69) is 6.58 Å². The van der Waals surface area contributed by atoms with E-state index < -0.39 is 41.9 Å². The van der Waals surface area contributed by atoms with Gasteiger partial charge in [-0.25, -0.2) is 0 Å². The number of aliphatic hydroxyl groups excluding tert-OH is 3. The molecule has 1 heterocycles. The lowest BCUT2D eigenvalue weighted by Crippen LogP contribution is -2.60. The lowest BCUT2D eigenvalue weighted by atomic mass is 9.89. The maximum Gasteiger partial charge on any atom is 0.417 e. The zero-order chi connectivity index (χ0) is 17.2. The fourth-order valence-corrected chi connectivity index (χ4v) is 2.97. The van der Waals surface area contributed by atoms with E-state index in [1.807, 2.05) is 0 Å². The molecule has 0 aromatic heterocycles. The number of aliphatic hydroxyl groups is 3. The third-order valence-electron chi connectivity index (χ3n) is 3.24. The molecule has 4 N–H and O–H groups in total. The zero-order valence-corrected chi connectivity index (χ0v) is 12.8. The Morgan fingerprint density at radius 2 is 1.91 bits per heavy atom. The third kappa shape index (κ3) is 4.13. The molecular formula is C12H19F3N2O4S. The Kier molecular flexibility index (Phi) is 6.27. The normalized spacial score (nSPS) is 34.1. The highest BCUT2D eigenvalue weighted by atomic mass is 32.2. The van der Waals surface area contributed by atoms with E-state index in [0.29, 0.717) is 0 Å². The van der Waals surface area contributed by atoms with Crippen LogP contribution in [0.15, 0.2) is 12.7 Å². The minimum atomic E-state index is -5.00. The fourth-order valence-electron chi connectivity index (χ4n) is 1.93. The summed E-state index contributed by atoms with van der Waals surface area (Å²) in [5.74, 6) is -0.892. The number of thioether (sulfide) groups is 1. The first kappa shape index (κ1) is 19.2. The van der Waals surface area contributed by atoms with E-state index in [1.165, 1.54) is 11.0 Å². The Labute approximate surface area is 130 Å². The Morgan fingerprint density at radius 1 is 1.36 bits per heavy atom. The minimum absolute atomic E-state index is 0.0133. The van der Waals surface area contributed by atoms with Crippen molar-refractivity contribution in [3.8, 4) is 0 Å². The van der Waals surface area contributed by atoms with Gasteiger partial charge >= 0.3 is 6.18 Å². The molecule has 0 radical (unpaired) electrons. The topological polar surface area (TPSA) is 97.0 Å². The summed E-state index contributed by atoms with van der Waals surface area (Å²) in [4.78, 5) is 1.40. The maximum absolute atomic E-state index is 12.6. The molecule has 6 nitrogen and oxygen atoms in total. The quantitative estimate of drug-likeness (QED) is 0.336. The minimum Gasteiger partial charge on any atom is -0.390 e. The number of alkyl halides is 3. The van der Waals surface area contributed by atoms with Gasteiger partial charge in [-0.15, -0.1) is 6.58 Å². The Bertz CT molecular complexity index is 422. The van der Waals surface area contributed by atoms with Crippen molar-refractivity contribution >= 4 is 16.9 Å². The molecule has 0 aromatic rings. The Morgan fingerprint density at radius 3 is 2.32 bits per heavy atom. The van der Waals surface area contributed by atoms with Gasteiger partial charge < -0.3 is 25.0 Å². The van der Waals surface area contributed by atoms with Gasteiger partial charge in [0.15, 0.2) is 11.3 Å². The molecule has 0 aromatic carbocycles. The second-order valence-corrected chi connectivity index (χ2v) is 6.15. The molecule has 6 atom stereocenters. The van der Waals surface area contributed by atoms with Crippen molar-refractivity contribution in [1.82, 2.24) is 4.90 Å². The van der Waals surface area contributed by atoms with Crippen LogP contribution in [0.4, 0.5) is 13.2 Å². The standard InChI is InChI=1S/C12H19F3N2O4S/c1-4-5-6(18)7(19)8(9(20)12(13,14)15)21-10(5)22-11(16)17(2)3/h4-10,16,18-20H,1H2,2-3H3/t5-,6-,7+,8+,9-,10-/m1/s1. The van der Waals surface area contributed by atoms with Crippen LogP contribution in [-0.4, -0.2) is 75.5 Å². The van der Waals surface area contributed by atoms with Crippen molar-refractivity contribution in [2.45, 2.75) is 36.0 Å². The first-order valence-corrected chi connectivity index (χ1v) is 7.20. The molecule has 1 fully saturated rings. The summed E-state index contributed by atoms with van der Waals surface area (Å²) < 4.78 is 43.0. The summed E-state index contributed by atoms with van der Waals surface area (Å²) in [6.07, 6.45) is -12.3. The van der Waals surface area contributed by atoms with Gasteiger partial charge in [0.05, 0.1) is 6.10 Å². The van der Waals surface area contributed by atoms with E-state index in [9.17, 15) is 28.5 Å². The van der Waals surface area contributed by atoms with Gasteiger partial charge in [0.25, 0.3) is 0 Å². The zero-order valence-electron chi connectivity index (χ0n) is 12.0. The summed E-state index contributed by atoms with van der Waals surface area (Å²) in [7, 11) is 3.13. The molecule has 1 rings (SSSR count). The van der Waals surface area contributed by atoms with Crippen LogP contribution < -0.4 is 0 Å². The largest absolute Gasteiger partial charge is 0.417 e. The van der Waals surface area contributed by atoms with Crippen LogP contribution in [0.1, 0.15) is 0 Å². The highest BCUT2D eigenvalue weighted by Gasteiger charge is 2.53. The van der Waals surface area contributed by atoms with Gasteiger partial charge in [-0.05, 0) is 0 Å². The van der Waals surface area contributed by atoms with E-state index in [1.54, 1.807) is 14.1 Å².